The van der Waals surface area contributed by atoms with Crippen LogP contribution in [0.1, 0.15) is 5.82 Å². The summed E-state index contributed by atoms with van der Waals surface area (Å²) < 4.78 is 0. The van der Waals surface area contributed by atoms with Gasteiger partial charge >= 0.3 is 0 Å². The molecule has 0 aliphatic heterocycles. The molecular weight excluding hydrogens is 106 g/mol. The molecule has 0 atom stereocenters. The van der Waals surface area contributed by atoms with Crippen LogP contribution in [0, 0.1) is 0 Å². The van der Waals surface area contributed by atoms with Crippen molar-refractivity contribution in [1.82, 2.24) is 20.6 Å². The van der Waals surface area contributed by atoms with Crippen molar-refractivity contribution < 1.29 is 0 Å². The Morgan fingerprint density at radius 2 is 2.50 bits per heavy atom. The van der Waals surface area contributed by atoms with Crippen molar-refractivity contribution in [2.75, 3.05) is 0 Å². The quantitative estimate of drug-likeness (QED) is 0.493. The lowest BCUT2D eigenvalue weighted by molar-refractivity contribution is 0.881. The maximum atomic E-state index is 5.19. The molecule has 1 heterocycles. The van der Waals surface area contributed by atoms with Gasteiger partial charge in [-0.05, 0) is 10.4 Å². The second kappa shape index (κ2) is 1.61. The molecule has 3 N–H and O–H groups in total. The van der Waals surface area contributed by atoms with Crippen molar-refractivity contribution >= 4 is 5.70 Å². The van der Waals surface area contributed by atoms with Crippen molar-refractivity contribution in [2.45, 2.75) is 0 Å². The van der Waals surface area contributed by atoms with Crippen LogP contribution in [0.5, 0.6) is 0 Å². The lowest BCUT2D eigenvalue weighted by Crippen LogP contribution is -1.95. The molecule has 0 aliphatic carbocycles. The Labute approximate surface area is 45.6 Å². The summed E-state index contributed by atoms with van der Waals surface area (Å²) in [5, 5.41) is 12.5. The van der Waals surface area contributed by atoms with E-state index in [4.69, 9.17) is 5.73 Å². The molecule has 0 unspecified atom stereocenters. The maximum Gasteiger partial charge on any atom is 0.194 e. The first-order valence-corrected chi connectivity index (χ1v) is 1.99. The second-order valence-electron chi connectivity index (χ2n) is 1.28. The van der Waals surface area contributed by atoms with Gasteiger partial charge in [-0.2, -0.15) is 0 Å². The molecule has 1 aromatic rings. The van der Waals surface area contributed by atoms with Crippen LogP contribution in [-0.4, -0.2) is 20.6 Å². The molecule has 5 nitrogen and oxygen atoms in total. The lowest BCUT2D eigenvalue weighted by Gasteiger charge is -1.83. The van der Waals surface area contributed by atoms with Gasteiger partial charge in [0.2, 0.25) is 0 Å². The fraction of sp³-hybridized carbons (Fsp3) is 0. The van der Waals surface area contributed by atoms with Gasteiger partial charge in [-0.1, -0.05) is 6.58 Å². The number of hydrogen-bond donors (Lipinski definition) is 2. The third-order valence-electron chi connectivity index (χ3n) is 0.650. The van der Waals surface area contributed by atoms with Crippen LogP contribution >= 0.6 is 0 Å². The number of aromatic amines is 1. The largest absolute Gasteiger partial charge is 0.396 e. The molecule has 0 amide bonds. The molecule has 0 saturated heterocycles. The maximum absolute atomic E-state index is 5.19. The van der Waals surface area contributed by atoms with E-state index in [9.17, 15) is 0 Å². The first-order chi connectivity index (χ1) is 3.80. The summed E-state index contributed by atoms with van der Waals surface area (Å²) in [7, 11) is 0. The van der Waals surface area contributed by atoms with Crippen LogP contribution in [0.4, 0.5) is 0 Å². The molecule has 8 heavy (non-hydrogen) atoms. The van der Waals surface area contributed by atoms with Gasteiger partial charge < -0.3 is 5.73 Å². The predicted molar refractivity (Wildman–Crippen MR) is 27.4 cm³/mol. The predicted octanol–water partition coefficient (Wildman–Crippen LogP) is -0.871. The minimum atomic E-state index is 0.343. The monoisotopic (exact) mass is 111 g/mol. The molecule has 0 spiro atoms. The highest BCUT2D eigenvalue weighted by atomic mass is 15.5. The van der Waals surface area contributed by atoms with E-state index in [2.05, 4.69) is 27.2 Å². The molecule has 1 aromatic heterocycles. The van der Waals surface area contributed by atoms with Crippen LogP contribution in [0.2, 0.25) is 0 Å². The van der Waals surface area contributed by atoms with E-state index >= 15 is 0 Å². The fourth-order valence-electron chi connectivity index (χ4n) is 0.295. The number of H-pyrrole nitrogens is 1. The Bertz CT molecular complexity index is 176. The number of nitrogens with zero attached hydrogens (tertiary/aromatic N) is 3. The van der Waals surface area contributed by atoms with Crippen molar-refractivity contribution in [2.24, 2.45) is 5.73 Å². The van der Waals surface area contributed by atoms with E-state index in [1.54, 1.807) is 0 Å². The number of rotatable bonds is 1. The Balaban J connectivity index is 2.93. The average molecular weight is 111 g/mol. The third-order valence-corrected chi connectivity index (χ3v) is 0.650. The molecule has 0 aromatic carbocycles. The zero-order chi connectivity index (χ0) is 5.98. The number of nitrogens with one attached hydrogen (secondary N) is 1. The minimum absolute atomic E-state index is 0.343. The van der Waals surface area contributed by atoms with Crippen molar-refractivity contribution in [1.29, 1.82) is 0 Å². The van der Waals surface area contributed by atoms with Gasteiger partial charge in [-0.15, -0.1) is 5.10 Å². The second-order valence-corrected chi connectivity index (χ2v) is 1.28. The van der Waals surface area contributed by atoms with Gasteiger partial charge in [0.25, 0.3) is 0 Å². The van der Waals surface area contributed by atoms with Crippen LogP contribution in [-0.2, 0) is 0 Å². The number of hydrogen-bond acceptors (Lipinski definition) is 4. The Morgan fingerprint density at radius 1 is 1.75 bits per heavy atom. The molecule has 42 valence electrons. The highest BCUT2D eigenvalue weighted by molar-refractivity contribution is 5.51. The fourth-order valence-corrected chi connectivity index (χ4v) is 0.295. The first-order valence-electron chi connectivity index (χ1n) is 1.99. The Hall–Kier alpha value is -1.39. The van der Waals surface area contributed by atoms with Crippen LogP contribution in [0.25, 0.3) is 5.70 Å². The molecule has 0 fully saturated rings. The highest BCUT2D eigenvalue weighted by Crippen LogP contribution is 1.90. The van der Waals surface area contributed by atoms with Gasteiger partial charge in [-0.25, -0.2) is 5.10 Å². The summed E-state index contributed by atoms with van der Waals surface area (Å²) in [5.74, 6) is 0.421. The first kappa shape index (κ1) is 4.76. The molecule has 1 rings (SSSR count). The number of aromatic nitrogens is 4. The molecule has 0 bridgehead atoms. The standard InChI is InChI=1S/C3H5N5/c1-2(4)3-5-7-8-6-3/h1,4H2,(H,5,6,7,8). The number of tetrazole rings is 1. The topological polar surface area (TPSA) is 80.5 Å². The highest BCUT2D eigenvalue weighted by Gasteiger charge is 1.93. The lowest BCUT2D eigenvalue weighted by atomic mass is 10.5. The minimum Gasteiger partial charge on any atom is -0.396 e. The van der Waals surface area contributed by atoms with E-state index in [1.807, 2.05) is 0 Å². The van der Waals surface area contributed by atoms with Crippen LogP contribution < -0.4 is 5.73 Å². The SMILES string of the molecule is C=C(N)c1nnn[nH]1. The third kappa shape index (κ3) is 0.651. The number of nitrogens with two attached hydrogens (primary N) is 1. The van der Waals surface area contributed by atoms with Gasteiger partial charge in [0, 0.05) is 0 Å². The van der Waals surface area contributed by atoms with Gasteiger partial charge in [0.15, 0.2) is 5.82 Å². The van der Waals surface area contributed by atoms with E-state index in [-0.39, 0.29) is 0 Å². The molecule has 0 aliphatic rings. The van der Waals surface area contributed by atoms with Gasteiger partial charge in [0.05, 0.1) is 5.70 Å². The summed E-state index contributed by atoms with van der Waals surface area (Å²) in [6, 6.07) is 0. The van der Waals surface area contributed by atoms with Crippen LogP contribution in [0.3, 0.4) is 0 Å². The normalized spacial score (nSPS) is 9.00. The average Bonchev–Trinajstić information content (AvgIpc) is 2.12. The van der Waals surface area contributed by atoms with Crippen molar-refractivity contribution in [3.05, 3.63) is 12.4 Å². The van der Waals surface area contributed by atoms with Gasteiger partial charge in [-0.3, -0.25) is 0 Å². The van der Waals surface area contributed by atoms with Crippen LogP contribution in [0.15, 0.2) is 6.58 Å². The zero-order valence-electron chi connectivity index (χ0n) is 4.13. The van der Waals surface area contributed by atoms with Crippen molar-refractivity contribution in [3.8, 4) is 0 Å². The summed E-state index contributed by atoms with van der Waals surface area (Å²) >= 11 is 0. The molecule has 0 radical (unpaired) electrons. The van der Waals surface area contributed by atoms with E-state index in [1.165, 1.54) is 0 Å². The summed E-state index contributed by atoms with van der Waals surface area (Å²) in [4.78, 5) is 0. The Morgan fingerprint density at radius 3 is 2.75 bits per heavy atom. The van der Waals surface area contributed by atoms with E-state index in [0.29, 0.717) is 11.5 Å². The molecular formula is C3H5N5. The zero-order valence-corrected chi connectivity index (χ0v) is 4.13. The summed E-state index contributed by atoms with van der Waals surface area (Å²) in [5.41, 5.74) is 5.53. The van der Waals surface area contributed by atoms with Gasteiger partial charge in [0.1, 0.15) is 0 Å². The molecule has 5 heteroatoms. The summed E-state index contributed by atoms with van der Waals surface area (Å²) in [6.07, 6.45) is 0. The summed E-state index contributed by atoms with van der Waals surface area (Å²) in [6.45, 7) is 3.40. The van der Waals surface area contributed by atoms with E-state index in [0.717, 1.165) is 0 Å². The smallest absolute Gasteiger partial charge is 0.194 e. The Kier molecular flexibility index (Phi) is 0.957. The van der Waals surface area contributed by atoms with E-state index < -0.39 is 0 Å². The van der Waals surface area contributed by atoms with Crippen molar-refractivity contribution in [3.63, 3.8) is 0 Å². The molecule has 0 saturated carbocycles.